The van der Waals surface area contributed by atoms with Gasteiger partial charge in [0.05, 0.1) is 6.20 Å². The smallest absolute Gasteiger partial charge is 0.0534 e. The normalized spacial score (nSPS) is 19.0. The minimum absolute atomic E-state index is 0.525. The van der Waals surface area contributed by atoms with Crippen LogP contribution in [-0.2, 0) is 13.1 Å². The first-order valence-electron chi connectivity index (χ1n) is 7.44. The predicted octanol–water partition coefficient (Wildman–Crippen LogP) is 3.35. The van der Waals surface area contributed by atoms with Gasteiger partial charge >= 0.3 is 0 Å². The van der Waals surface area contributed by atoms with Crippen molar-refractivity contribution in [1.82, 2.24) is 15.1 Å². The van der Waals surface area contributed by atoms with Crippen LogP contribution < -0.4 is 5.32 Å². The molecule has 0 bridgehead atoms. The molecule has 0 aromatic carbocycles. The van der Waals surface area contributed by atoms with Crippen LogP contribution in [0.25, 0.3) is 0 Å². The van der Waals surface area contributed by atoms with Crippen LogP contribution in [0.3, 0.4) is 0 Å². The van der Waals surface area contributed by atoms with E-state index in [1.807, 2.05) is 10.9 Å². The predicted molar refractivity (Wildman–Crippen MR) is 75.4 cm³/mol. The van der Waals surface area contributed by atoms with E-state index in [1.165, 1.54) is 37.7 Å². The maximum absolute atomic E-state index is 4.37. The highest BCUT2D eigenvalue weighted by Gasteiger charge is 2.25. The van der Waals surface area contributed by atoms with E-state index in [2.05, 4.69) is 30.5 Å². The van der Waals surface area contributed by atoms with Crippen LogP contribution in [-0.4, -0.2) is 16.3 Å². The van der Waals surface area contributed by atoms with Crippen LogP contribution in [0.2, 0.25) is 0 Å². The van der Waals surface area contributed by atoms with Gasteiger partial charge < -0.3 is 5.32 Å². The maximum Gasteiger partial charge on any atom is 0.0534 e. The summed E-state index contributed by atoms with van der Waals surface area (Å²) in [6.45, 7) is 7.74. The zero-order valence-corrected chi connectivity index (χ0v) is 11.9. The Balaban J connectivity index is 1.73. The van der Waals surface area contributed by atoms with E-state index in [0.29, 0.717) is 5.41 Å². The molecule has 18 heavy (non-hydrogen) atoms. The third-order valence-corrected chi connectivity index (χ3v) is 4.08. The van der Waals surface area contributed by atoms with Crippen LogP contribution >= 0.6 is 0 Å². The third kappa shape index (κ3) is 3.84. The molecule has 1 saturated carbocycles. The zero-order chi connectivity index (χ0) is 12.8. The fraction of sp³-hybridized carbons (Fsp3) is 0.800. The third-order valence-electron chi connectivity index (χ3n) is 4.08. The first kappa shape index (κ1) is 13.6. The van der Waals surface area contributed by atoms with Crippen molar-refractivity contribution in [2.45, 2.75) is 65.5 Å². The van der Waals surface area contributed by atoms with Crippen LogP contribution in [0.15, 0.2) is 12.4 Å². The maximum atomic E-state index is 4.37. The minimum Gasteiger partial charge on any atom is -0.312 e. The molecular weight excluding hydrogens is 222 g/mol. The first-order valence-corrected chi connectivity index (χ1v) is 7.44. The summed E-state index contributed by atoms with van der Waals surface area (Å²) in [5.74, 6) is 0. The lowest BCUT2D eigenvalue weighted by molar-refractivity contribution is 0.207. The van der Waals surface area contributed by atoms with Gasteiger partial charge in [0, 0.05) is 31.4 Å². The monoisotopic (exact) mass is 249 g/mol. The van der Waals surface area contributed by atoms with Gasteiger partial charge in [-0.15, -0.1) is 0 Å². The van der Waals surface area contributed by atoms with E-state index in [9.17, 15) is 0 Å². The molecule has 0 atom stereocenters. The molecule has 0 saturated heterocycles. The fourth-order valence-electron chi connectivity index (χ4n) is 2.94. The zero-order valence-electron chi connectivity index (χ0n) is 11.9. The van der Waals surface area contributed by atoms with Crippen molar-refractivity contribution in [3.8, 4) is 0 Å². The number of hydrogen-bond acceptors (Lipinski definition) is 2. The summed E-state index contributed by atoms with van der Waals surface area (Å²) in [6.07, 6.45) is 12.3. The molecule has 1 aromatic rings. The Morgan fingerprint density at radius 3 is 2.83 bits per heavy atom. The van der Waals surface area contributed by atoms with Crippen LogP contribution in [0, 0.1) is 5.41 Å². The molecule has 2 rings (SSSR count). The van der Waals surface area contributed by atoms with Gasteiger partial charge in [0.1, 0.15) is 0 Å². The number of aromatic nitrogens is 2. The summed E-state index contributed by atoms with van der Waals surface area (Å²) in [6, 6.07) is 0. The van der Waals surface area contributed by atoms with Crippen molar-refractivity contribution in [1.29, 1.82) is 0 Å². The second-order valence-electron chi connectivity index (χ2n) is 6.09. The SMILES string of the molecule is CCCn1cc(CNCC2(C)CCCCC2)cn1. The average Bonchev–Trinajstić information content (AvgIpc) is 2.78. The van der Waals surface area contributed by atoms with Gasteiger partial charge in [-0.1, -0.05) is 33.1 Å². The summed E-state index contributed by atoms with van der Waals surface area (Å²) in [5.41, 5.74) is 1.83. The molecule has 1 aliphatic rings. The lowest BCUT2D eigenvalue weighted by Crippen LogP contribution is -2.33. The van der Waals surface area contributed by atoms with Gasteiger partial charge in [0.15, 0.2) is 0 Å². The molecule has 3 heteroatoms. The van der Waals surface area contributed by atoms with Crippen molar-refractivity contribution in [3.63, 3.8) is 0 Å². The molecule has 0 unspecified atom stereocenters. The Bertz CT molecular complexity index is 350. The molecule has 3 nitrogen and oxygen atoms in total. The topological polar surface area (TPSA) is 29.9 Å². The van der Waals surface area contributed by atoms with Gasteiger partial charge in [-0.3, -0.25) is 4.68 Å². The highest BCUT2D eigenvalue weighted by Crippen LogP contribution is 2.34. The first-order chi connectivity index (χ1) is 8.72. The summed E-state index contributed by atoms with van der Waals surface area (Å²) in [5, 5.41) is 7.98. The fourth-order valence-corrected chi connectivity index (χ4v) is 2.94. The molecular formula is C15H27N3. The molecule has 102 valence electrons. The summed E-state index contributed by atoms with van der Waals surface area (Å²) >= 11 is 0. The van der Waals surface area contributed by atoms with Crippen LogP contribution in [0.1, 0.15) is 57.9 Å². The number of nitrogens with one attached hydrogen (secondary N) is 1. The number of hydrogen-bond donors (Lipinski definition) is 1. The molecule has 0 amide bonds. The minimum atomic E-state index is 0.525. The Kier molecular flexibility index (Phi) is 4.81. The largest absolute Gasteiger partial charge is 0.312 e. The Hall–Kier alpha value is -0.830. The highest BCUT2D eigenvalue weighted by atomic mass is 15.3. The van der Waals surface area contributed by atoms with E-state index in [1.54, 1.807) is 0 Å². The standard InChI is InChI=1S/C15H27N3/c1-3-9-18-12-14(11-17-18)10-16-13-15(2)7-5-4-6-8-15/h11-12,16H,3-10,13H2,1-2H3. The summed E-state index contributed by atoms with van der Waals surface area (Å²) in [7, 11) is 0. The molecule has 1 heterocycles. The van der Waals surface area contributed by atoms with Gasteiger partial charge in [-0.25, -0.2) is 0 Å². The molecule has 0 spiro atoms. The molecule has 1 aliphatic carbocycles. The quantitative estimate of drug-likeness (QED) is 0.838. The van der Waals surface area contributed by atoms with Gasteiger partial charge in [-0.05, 0) is 24.7 Å². The molecule has 1 fully saturated rings. The van der Waals surface area contributed by atoms with Crippen molar-refractivity contribution in [3.05, 3.63) is 18.0 Å². The molecule has 0 radical (unpaired) electrons. The average molecular weight is 249 g/mol. The van der Waals surface area contributed by atoms with Gasteiger partial charge in [0.2, 0.25) is 0 Å². The van der Waals surface area contributed by atoms with Gasteiger partial charge in [-0.2, -0.15) is 5.10 Å². The van der Waals surface area contributed by atoms with Crippen molar-refractivity contribution < 1.29 is 0 Å². The van der Waals surface area contributed by atoms with Crippen molar-refractivity contribution in [2.75, 3.05) is 6.54 Å². The second-order valence-corrected chi connectivity index (χ2v) is 6.09. The van der Waals surface area contributed by atoms with E-state index in [-0.39, 0.29) is 0 Å². The highest BCUT2D eigenvalue weighted by molar-refractivity contribution is 5.03. The Morgan fingerprint density at radius 2 is 2.11 bits per heavy atom. The van der Waals surface area contributed by atoms with E-state index in [0.717, 1.165) is 26.1 Å². The summed E-state index contributed by atoms with van der Waals surface area (Å²) < 4.78 is 2.04. The number of rotatable bonds is 6. The molecule has 1 N–H and O–H groups in total. The van der Waals surface area contributed by atoms with E-state index in [4.69, 9.17) is 0 Å². The lowest BCUT2D eigenvalue weighted by atomic mass is 9.76. The van der Waals surface area contributed by atoms with Crippen LogP contribution in [0.5, 0.6) is 0 Å². The van der Waals surface area contributed by atoms with E-state index >= 15 is 0 Å². The van der Waals surface area contributed by atoms with Gasteiger partial charge in [0.25, 0.3) is 0 Å². The van der Waals surface area contributed by atoms with Crippen molar-refractivity contribution in [2.24, 2.45) is 5.41 Å². The van der Waals surface area contributed by atoms with Crippen molar-refractivity contribution >= 4 is 0 Å². The Labute approximate surface area is 111 Å². The summed E-state index contributed by atoms with van der Waals surface area (Å²) in [4.78, 5) is 0. The molecule has 1 aromatic heterocycles. The van der Waals surface area contributed by atoms with Crippen LogP contribution in [0.4, 0.5) is 0 Å². The lowest BCUT2D eigenvalue weighted by Gasteiger charge is -2.33. The molecule has 0 aliphatic heterocycles. The number of aryl methyl sites for hydroxylation is 1. The Morgan fingerprint density at radius 1 is 1.33 bits per heavy atom. The number of nitrogens with zero attached hydrogens (tertiary/aromatic N) is 2. The second kappa shape index (κ2) is 6.37. The van der Waals surface area contributed by atoms with E-state index < -0.39 is 0 Å².